The third-order valence-electron chi connectivity index (χ3n) is 3.81. The summed E-state index contributed by atoms with van der Waals surface area (Å²) in [6.07, 6.45) is 6.51. The predicted molar refractivity (Wildman–Crippen MR) is 75.4 cm³/mol. The van der Waals surface area contributed by atoms with Crippen molar-refractivity contribution < 1.29 is 4.79 Å². The second-order valence-electron chi connectivity index (χ2n) is 5.43. The molecule has 0 radical (unpaired) electrons. The van der Waals surface area contributed by atoms with Gasteiger partial charge < -0.3 is 11.1 Å². The quantitative estimate of drug-likeness (QED) is 0.849. The molecule has 4 heteroatoms. The normalized spacial score (nSPS) is 22.4. The predicted octanol–water partition coefficient (Wildman–Crippen LogP) is 1.78. The van der Waals surface area contributed by atoms with Gasteiger partial charge in [-0.3, -0.25) is 9.78 Å². The maximum absolute atomic E-state index is 11.9. The number of amides is 1. The van der Waals surface area contributed by atoms with Crippen molar-refractivity contribution in [1.82, 2.24) is 10.3 Å². The van der Waals surface area contributed by atoms with Crippen molar-refractivity contribution in [3.05, 3.63) is 29.6 Å². The van der Waals surface area contributed by atoms with E-state index in [1.54, 1.807) is 6.20 Å². The molecule has 0 aromatic carbocycles. The largest absolute Gasteiger partial charge is 0.350 e. The van der Waals surface area contributed by atoms with Gasteiger partial charge >= 0.3 is 0 Å². The summed E-state index contributed by atoms with van der Waals surface area (Å²) in [6, 6.07) is 4.34. The molecular formula is C15H23N3O. The van der Waals surface area contributed by atoms with Crippen LogP contribution >= 0.6 is 0 Å². The Kier molecular flexibility index (Phi) is 4.91. The number of rotatable bonds is 5. The third kappa shape index (κ3) is 4.31. The molecule has 1 amide bonds. The van der Waals surface area contributed by atoms with Crippen molar-refractivity contribution in [3.63, 3.8) is 0 Å². The molecule has 1 heterocycles. The zero-order valence-corrected chi connectivity index (χ0v) is 11.6. The zero-order chi connectivity index (χ0) is 13.7. The smallest absolute Gasteiger partial charge is 0.220 e. The second-order valence-corrected chi connectivity index (χ2v) is 5.43. The summed E-state index contributed by atoms with van der Waals surface area (Å²) >= 11 is 0. The van der Waals surface area contributed by atoms with Crippen molar-refractivity contribution in [3.8, 4) is 0 Å². The average Bonchev–Trinajstić information content (AvgIpc) is 2.82. The highest BCUT2D eigenvalue weighted by atomic mass is 16.1. The van der Waals surface area contributed by atoms with E-state index in [1.807, 2.05) is 12.1 Å². The Morgan fingerprint density at radius 2 is 2.37 bits per heavy atom. The Balaban J connectivity index is 1.76. The van der Waals surface area contributed by atoms with Gasteiger partial charge in [0.05, 0.1) is 12.2 Å². The van der Waals surface area contributed by atoms with Crippen molar-refractivity contribution in [2.45, 2.75) is 51.6 Å². The minimum absolute atomic E-state index is 0.114. The summed E-state index contributed by atoms with van der Waals surface area (Å²) in [4.78, 5) is 16.1. The Bertz CT molecular complexity index is 433. The van der Waals surface area contributed by atoms with E-state index in [0.29, 0.717) is 24.9 Å². The monoisotopic (exact) mass is 261 g/mol. The third-order valence-corrected chi connectivity index (χ3v) is 3.81. The Hall–Kier alpha value is -1.42. The van der Waals surface area contributed by atoms with Gasteiger partial charge in [-0.1, -0.05) is 6.92 Å². The van der Waals surface area contributed by atoms with E-state index < -0.39 is 0 Å². The lowest BCUT2D eigenvalue weighted by Gasteiger charge is -2.10. The summed E-state index contributed by atoms with van der Waals surface area (Å²) < 4.78 is 0. The standard InChI is InChI=1S/C15H23N3O/c1-2-11-5-6-17-14(8-11)10-18-15(19)9-12-3-4-13(16)7-12/h5-6,8,12-13H,2-4,7,9-10,16H2,1H3,(H,18,19)/t12-,13+/m1/s1. The number of hydrogen-bond acceptors (Lipinski definition) is 3. The molecule has 1 aromatic heterocycles. The van der Waals surface area contributed by atoms with Crippen LogP contribution in [0.15, 0.2) is 18.3 Å². The SMILES string of the molecule is CCc1ccnc(CNC(=O)C[C@@H]2CC[C@H](N)C2)c1. The number of nitrogens with zero attached hydrogens (tertiary/aromatic N) is 1. The number of carbonyl (C=O) groups excluding carboxylic acids is 1. The van der Waals surface area contributed by atoms with Crippen LogP contribution in [0, 0.1) is 5.92 Å². The van der Waals surface area contributed by atoms with Crippen molar-refractivity contribution in [1.29, 1.82) is 0 Å². The van der Waals surface area contributed by atoms with E-state index in [0.717, 1.165) is 31.4 Å². The van der Waals surface area contributed by atoms with Gasteiger partial charge in [-0.25, -0.2) is 0 Å². The average molecular weight is 261 g/mol. The lowest BCUT2D eigenvalue weighted by Crippen LogP contribution is -2.25. The van der Waals surface area contributed by atoms with Crippen LogP contribution in [0.2, 0.25) is 0 Å². The van der Waals surface area contributed by atoms with E-state index in [4.69, 9.17) is 5.73 Å². The van der Waals surface area contributed by atoms with E-state index in [9.17, 15) is 4.79 Å². The van der Waals surface area contributed by atoms with Crippen LogP contribution in [0.5, 0.6) is 0 Å². The molecule has 1 fully saturated rings. The second kappa shape index (κ2) is 6.66. The molecule has 104 valence electrons. The summed E-state index contributed by atoms with van der Waals surface area (Å²) in [5, 5.41) is 2.95. The number of pyridine rings is 1. The van der Waals surface area contributed by atoms with Gasteiger partial charge in [0.15, 0.2) is 0 Å². The summed E-state index contributed by atoms with van der Waals surface area (Å²) in [6.45, 7) is 2.63. The molecule has 0 aliphatic heterocycles. The topological polar surface area (TPSA) is 68.0 Å². The highest BCUT2D eigenvalue weighted by Crippen LogP contribution is 2.26. The Labute approximate surface area is 114 Å². The van der Waals surface area contributed by atoms with Crippen LogP contribution in [0.25, 0.3) is 0 Å². The minimum atomic E-state index is 0.114. The van der Waals surface area contributed by atoms with E-state index in [1.165, 1.54) is 5.56 Å². The molecule has 19 heavy (non-hydrogen) atoms. The summed E-state index contributed by atoms with van der Waals surface area (Å²) in [5.74, 6) is 0.577. The highest BCUT2D eigenvalue weighted by molar-refractivity contribution is 5.76. The summed E-state index contributed by atoms with van der Waals surface area (Å²) in [7, 11) is 0. The first-order valence-corrected chi connectivity index (χ1v) is 7.13. The molecule has 1 saturated carbocycles. The molecule has 1 aromatic rings. The molecule has 1 aliphatic carbocycles. The Morgan fingerprint density at radius 3 is 3.05 bits per heavy atom. The van der Waals surface area contributed by atoms with Crippen LogP contribution in [0.4, 0.5) is 0 Å². The molecule has 4 nitrogen and oxygen atoms in total. The fourth-order valence-corrected chi connectivity index (χ4v) is 2.67. The molecule has 0 unspecified atom stereocenters. The molecule has 2 rings (SSSR count). The van der Waals surface area contributed by atoms with Gasteiger partial charge in [0, 0.05) is 18.7 Å². The molecule has 0 saturated heterocycles. The number of nitrogens with two attached hydrogens (primary N) is 1. The number of carbonyl (C=O) groups is 1. The van der Waals surface area contributed by atoms with Crippen LogP contribution in [-0.4, -0.2) is 16.9 Å². The minimum Gasteiger partial charge on any atom is -0.350 e. The first-order chi connectivity index (χ1) is 9.17. The molecular weight excluding hydrogens is 238 g/mol. The highest BCUT2D eigenvalue weighted by Gasteiger charge is 2.23. The maximum atomic E-state index is 11.9. The number of nitrogens with one attached hydrogen (secondary N) is 1. The lowest BCUT2D eigenvalue weighted by molar-refractivity contribution is -0.122. The first kappa shape index (κ1) is 14.0. The van der Waals surface area contributed by atoms with Crippen LogP contribution < -0.4 is 11.1 Å². The number of aryl methyl sites for hydroxylation is 1. The van der Waals surface area contributed by atoms with Gasteiger partial charge in [0.2, 0.25) is 5.91 Å². The fraction of sp³-hybridized carbons (Fsp3) is 0.600. The lowest BCUT2D eigenvalue weighted by atomic mass is 10.0. The van der Waals surface area contributed by atoms with E-state index >= 15 is 0 Å². The van der Waals surface area contributed by atoms with Gasteiger partial charge in [0.25, 0.3) is 0 Å². The van der Waals surface area contributed by atoms with Crippen LogP contribution in [0.3, 0.4) is 0 Å². The van der Waals surface area contributed by atoms with Gasteiger partial charge in [0.1, 0.15) is 0 Å². The fourth-order valence-electron chi connectivity index (χ4n) is 2.67. The number of hydrogen-bond donors (Lipinski definition) is 2. The zero-order valence-electron chi connectivity index (χ0n) is 11.6. The Morgan fingerprint density at radius 1 is 1.53 bits per heavy atom. The summed E-state index contributed by atoms with van der Waals surface area (Å²) in [5.41, 5.74) is 8.03. The molecule has 1 aliphatic rings. The van der Waals surface area contributed by atoms with Crippen molar-refractivity contribution >= 4 is 5.91 Å². The maximum Gasteiger partial charge on any atom is 0.220 e. The van der Waals surface area contributed by atoms with Gasteiger partial charge in [-0.05, 0) is 49.3 Å². The molecule has 2 atom stereocenters. The number of aromatic nitrogens is 1. The molecule has 0 spiro atoms. The van der Waals surface area contributed by atoms with E-state index in [-0.39, 0.29) is 5.91 Å². The van der Waals surface area contributed by atoms with E-state index in [2.05, 4.69) is 17.2 Å². The van der Waals surface area contributed by atoms with Crippen LogP contribution in [-0.2, 0) is 17.8 Å². The van der Waals surface area contributed by atoms with Gasteiger partial charge in [-0.15, -0.1) is 0 Å². The van der Waals surface area contributed by atoms with Crippen molar-refractivity contribution in [2.75, 3.05) is 0 Å². The first-order valence-electron chi connectivity index (χ1n) is 7.13. The molecule has 0 bridgehead atoms. The van der Waals surface area contributed by atoms with Crippen molar-refractivity contribution in [2.24, 2.45) is 11.7 Å². The van der Waals surface area contributed by atoms with Gasteiger partial charge in [-0.2, -0.15) is 0 Å². The van der Waals surface area contributed by atoms with Crippen LogP contribution in [0.1, 0.15) is 43.9 Å². The molecule has 3 N–H and O–H groups in total.